The fourth-order valence-electron chi connectivity index (χ4n) is 4.83. The van der Waals surface area contributed by atoms with Gasteiger partial charge in [0, 0.05) is 38.8 Å². The monoisotopic (exact) mass is 437 g/mol. The highest BCUT2D eigenvalue weighted by Crippen LogP contribution is 2.35. The van der Waals surface area contributed by atoms with Gasteiger partial charge in [-0.25, -0.2) is 0 Å². The summed E-state index contributed by atoms with van der Waals surface area (Å²) in [6.45, 7) is 6.84. The predicted molar refractivity (Wildman–Crippen MR) is 128 cm³/mol. The Morgan fingerprint density at radius 2 is 1.88 bits per heavy atom. The summed E-state index contributed by atoms with van der Waals surface area (Å²) in [4.78, 5) is 6.94. The third-order valence-corrected chi connectivity index (χ3v) is 6.85. The van der Waals surface area contributed by atoms with E-state index in [1.807, 2.05) is 7.05 Å². The first-order valence-corrected chi connectivity index (χ1v) is 11.5. The SMILES string of the molecule is CN=C(NCC1(c2ccc(OC)cc2)CCOCC1)N1CCOC(c2ccccc2C)C1. The molecule has 0 bridgehead atoms. The van der Waals surface area contributed by atoms with Crippen molar-refractivity contribution < 1.29 is 14.2 Å². The maximum Gasteiger partial charge on any atom is 0.193 e. The Balaban J connectivity index is 1.47. The summed E-state index contributed by atoms with van der Waals surface area (Å²) in [6, 6.07) is 17.0. The van der Waals surface area contributed by atoms with Crippen molar-refractivity contribution in [3.63, 3.8) is 0 Å². The zero-order valence-corrected chi connectivity index (χ0v) is 19.5. The highest BCUT2D eigenvalue weighted by atomic mass is 16.5. The summed E-state index contributed by atoms with van der Waals surface area (Å²) in [6.07, 6.45) is 2.03. The van der Waals surface area contributed by atoms with Gasteiger partial charge in [-0.1, -0.05) is 36.4 Å². The summed E-state index contributed by atoms with van der Waals surface area (Å²) in [5.74, 6) is 1.82. The highest BCUT2D eigenvalue weighted by molar-refractivity contribution is 5.80. The topological polar surface area (TPSA) is 55.3 Å². The number of rotatable bonds is 5. The molecule has 0 radical (unpaired) electrons. The van der Waals surface area contributed by atoms with Crippen molar-refractivity contribution in [2.24, 2.45) is 4.99 Å². The van der Waals surface area contributed by atoms with Gasteiger partial charge in [0.2, 0.25) is 0 Å². The molecule has 4 rings (SSSR count). The summed E-state index contributed by atoms with van der Waals surface area (Å²) in [5.41, 5.74) is 3.86. The number of hydrogen-bond donors (Lipinski definition) is 1. The molecule has 32 heavy (non-hydrogen) atoms. The van der Waals surface area contributed by atoms with E-state index in [1.165, 1.54) is 16.7 Å². The molecule has 2 heterocycles. The van der Waals surface area contributed by atoms with Crippen LogP contribution in [0.1, 0.15) is 35.6 Å². The van der Waals surface area contributed by atoms with Crippen LogP contribution in [0, 0.1) is 6.92 Å². The van der Waals surface area contributed by atoms with Gasteiger partial charge in [0.05, 0.1) is 20.3 Å². The molecule has 0 aliphatic carbocycles. The molecule has 6 nitrogen and oxygen atoms in total. The minimum Gasteiger partial charge on any atom is -0.497 e. The van der Waals surface area contributed by atoms with Crippen LogP contribution >= 0.6 is 0 Å². The molecule has 0 amide bonds. The maximum atomic E-state index is 6.12. The van der Waals surface area contributed by atoms with E-state index < -0.39 is 0 Å². The average Bonchev–Trinajstić information content (AvgIpc) is 2.85. The molecule has 0 spiro atoms. The van der Waals surface area contributed by atoms with Crippen molar-refractivity contribution in [3.8, 4) is 5.75 Å². The van der Waals surface area contributed by atoms with Crippen LogP contribution in [-0.4, -0.2) is 64.5 Å². The summed E-state index contributed by atoms with van der Waals surface area (Å²) in [5, 5.41) is 3.70. The van der Waals surface area contributed by atoms with E-state index in [0.29, 0.717) is 6.61 Å². The number of benzene rings is 2. The second kappa shape index (κ2) is 10.4. The number of morpholine rings is 1. The Morgan fingerprint density at radius 1 is 1.12 bits per heavy atom. The Bertz CT molecular complexity index is 907. The van der Waals surface area contributed by atoms with Crippen molar-refractivity contribution in [2.75, 3.05) is 53.6 Å². The lowest BCUT2D eigenvalue weighted by molar-refractivity contribution is -0.00863. The molecule has 2 aliphatic heterocycles. The summed E-state index contributed by atoms with van der Waals surface area (Å²) < 4.78 is 17.2. The van der Waals surface area contributed by atoms with Crippen LogP contribution in [0.2, 0.25) is 0 Å². The Morgan fingerprint density at radius 3 is 2.56 bits per heavy atom. The second-order valence-electron chi connectivity index (χ2n) is 8.68. The van der Waals surface area contributed by atoms with Crippen LogP contribution < -0.4 is 10.1 Å². The number of aliphatic imine (C=N–C) groups is 1. The third-order valence-electron chi connectivity index (χ3n) is 6.85. The molecule has 2 aromatic carbocycles. The molecule has 1 atom stereocenters. The maximum absolute atomic E-state index is 6.12. The molecule has 2 aromatic rings. The van der Waals surface area contributed by atoms with Gasteiger partial charge in [-0.05, 0) is 48.6 Å². The van der Waals surface area contributed by atoms with E-state index in [9.17, 15) is 0 Å². The molecule has 6 heteroatoms. The lowest BCUT2D eigenvalue weighted by Crippen LogP contribution is -2.52. The molecule has 2 aliphatic rings. The number of nitrogens with zero attached hydrogens (tertiary/aromatic N) is 2. The molecule has 172 valence electrons. The number of methoxy groups -OCH3 is 1. The van der Waals surface area contributed by atoms with Gasteiger partial charge in [-0.2, -0.15) is 0 Å². The minimum atomic E-state index is 0.0160. The Labute approximate surface area is 191 Å². The van der Waals surface area contributed by atoms with Crippen molar-refractivity contribution >= 4 is 5.96 Å². The first kappa shape index (κ1) is 22.6. The van der Waals surface area contributed by atoms with Gasteiger partial charge in [-0.3, -0.25) is 4.99 Å². The van der Waals surface area contributed by atoms with E-state index in [4.69, 9.17) is 14.2 Å². The van der Waals surface area contributed by atoms with Gasteiger partial charge >= 0.3 is 0 Å². The fourth-order valence-corrected chi connectivity index (χ4v) is 4.83. The lowest BCUT2D eigenvalue weighted by Gasteiger charge is -2.40. The number of nitrogens with one attached hydrogen (secondary N) is 1. The zero-order chi connectivity index (χ0) is 22.4. The first-order valence-electron chi connectivity index (χ1n) is 11.5. The minimum absolute atomic E-state index is 0.0160. The smallest absolute Gasteiger partial charge is 0.193 e. The number of hydrogen-bond acceptors (Lipinski definition) is 4. The molecule has 0 saturated carbocycles. The molecular weight excluding hydrogens is 402 g/mol. The van der Waals surface area contributed by atoms with E-state index in [0.717, 1.165) is 57.4 Å². The Hall–Kier alpha value is -2.57. The Kier molecular flexibility index (Phi) is 7.33. The normalized spacial score (nSPS) is 21.3. The lowest BCUT2D eigenvalue weighted by atomic mass is 9.74. The van der Waals surface area contributed by atoms with Gasteiger partial charge < -0.3 is 24.4 Å². The molecule has 1 N–H and O–H groups in total. The number of aryl methyl sites for hydroxylation is 1. The number of ether oxygens (including phenoxy) is 3. The zero-order valence-electron chi connectivity index (χ0n) is 19.5. The average molecular weight is 438 g/mol. The van der Waals surface area contributed by atoms with Crippen molar-refractivity contribution in [1.29, 1.82) is 0 Å². The molecule has 2 fully saturated rings. The van der Waals surface area contributed by atoms with E-state index in [1.54, 1.807) is 7.11 Å². The molecule has 1 unspecified atom stereocenters. The van der Waals surface area contributed by atoms with Gasteiger partial charge in [0.1, 0.15) is 11.9 Å². The summed E-state index contributed by atoms with van der Waals surface area (Å²) in [7, 11) is 3.57. The standard InChI is InChI=1S/C26H35N3O3/c1-20-6-4-5-7-23(20)24-18-29(14-17-32-24)25(27-2)28-19-26(12-15-31-16-13-26)21-8-10-22(30-3)11-9-21/h4-11,24H,12-19H2,1-3H3,(H,27,28). The van der Waals surface area contributed by atoms with Crippen LogP contribution in [0.15, 0.2) is 53.5 Å². The van der Waals surface area contributed by atoms with Gasteiger partial charge in [-0.15, -0.1) is 0 Å². The molecule has 0 aromatic heterocycles. The van der Waals surface area contributed by atoms with Crippen LogP contribution in [0.3, 0.4) is 0 Å². The molecule has 2 saturated heterocycles. The number of guanidine groups is 1. The second-order valence-corrected chi connectivity index (χ2v) is 8.68. The van der Waals surface area contributed by atoms with Crippen molar-refractivity contribution in [3.05, 3.63) is 65.2 Å². The van der Waals surface area contributed by atoms with Crippen LogP contribution in [0.5, 0.6) is 5.75 Å². The van der Waals surface area contributed by atoms with Crippen molar-refractivity contribution in [2.45, 2.75) is 31.3 Å². The quantitative estimate of drug-likeness (QED) is 0.571. The van der Waals surface area contributed by atoms with E-state index >= 15 is 0 Å². The largest absolute Gasteiger partial charge is 0.497 e. The summed E-state index contributed by atoms with van der Waals surface area (Å²) >= 11 is 0. The third kappa shape index (κ3) is 4.92. The first-order chi connectivity index (χ1) is 15.6. The fraction of sp³-hybridized carbons (Fsp3) is 0.500. The molecular formula is C26H35N3O3. The van der Waals surface area contributed by atoms with Crippen LogP contribution in [-0.2, 0) is 14.9 Å². The highest BCUT2D eigenvalue weighted by Gasteiger charge is 2.35. The predicted octanol–water partition coefficient (Wildman–Crippen LogP) is 3.70. The van der Waals surface area contributed by atoms with E-state index in [2.05, 4.69) is 70.7 Å². The van der Waals surface area contributed by atoms with Crippen LogP contribution in [0.4, 0.5) is 0 Å². The van der Waals surface area contributed by atoms with Gasteiger partial charge in [0.25, 0.3) is 0 Å². The van der Waals surface area contributed by atoms with Gasteiger partial charge in [0.15, 0.2) is 5.96 Å². The van der Waals surface area contributed by atoms with Crippen LogP contribution in [0.25, 0.3) is 0 Å². The van der Waals surface area contributed by atoms with E-state index in [-0.39, 0.29) is 11.5 Å². The van der Waals surface area contributed by atoms with Crippen molar-refractivity contribution in [1.82, 2.24) is 10.2 Å².